The minimum absolute atomic E-state index is 0.119. The molecule has 0 spiro atoms. The molecular formula is C23H25FN2O6. The number of carbonyl (C=O) groups is 2. The monoisotopic (exact) mass is 444 g/mol. The zero-order valence-electron chi connectivity index (χ0n) is 18.3. The van der Waals surface area contributed by atoms with Crippen LogP contribution < -0.4 is 19.5 Å². The number of urea groups is 1. The number of ether oxygens (including phenoxy) is 4. The standard InChI is InChI=1S/C23H25FN2O6/c1-5-31-22(27)20-18(13-32-15-8-6-14(24)7-9-15)26(2)23(28)25-21(20)17-12-16(29-3)10-11-19(17)30-4/h6-12,21H,5,13H2,1-4H3,(H,25,28)/t21-/m1/s1. The predicted octanol–water partition coefficient (Wildman–Crippen LogP) is 3.44. The van der Waals surface area contributed by atoms with Gasteiger partial charge in [-0.05, 0) is 49.4 Å². The molecule has 3 rings (SSSR count). The molecule has 0 fully saturated rings. The first-order valence-corrected chi connectivity index (χ1v) is 9.94. The van der Waals surface area contributed by atoms with Gasteiger partial charge in [-0.15, -0.1) is 0 Å². The Morgan fingerprint density at radius 3 is 2.41 bits per heavy atom. The van der Waals surface area contributed by atoms with Crippen molar-refractivity contribution >= 4 is 12.0 Å². The normalized spacial score (nSPS) is 15.8. The number of rotatable bonds is 8. The number of esters is 1. The number of nitrogens with one attached hydrogen (secondary N) is 1. The molecule has 8 nitrogen and oxygen atoms in total. The fourth-order valence-electron chi connectivity index (χ4n) is 3.36. The fraction of sp³-hybridized carbons (Fsp3) is 0.304. The summed E-state index contributed by atoms with van der Waals surface area (Å²) in [5.41, 5.74) is 1.03. The van der Waals surface area contributed by atoms with Crippen molar-refractivity contribution in [2.45, 2.75) is 13.0 Å². The van der Waals surface area contributed by atoms with Crippen molar-refractivity contribution in [3.05, 3.63) is 65.1 Å². The largest absolute Gasteiger partial charge is 0.497 e. The molecule has 170 valence electrons. The number of likely N-dealkylation sites (N-methyl/N-ethyl adjacent to an activating group) is 1. The van der Waals surface area contributed by atoms with Gasteiger partial charge in [0, 0.05) is 12.6 Å². The Bertz CT molecular complexity index is 1020. The average molecular weight is 444 g/mol. The van der Waals surface area contributed by atoms with Crippen molar-refractivity contribution < 1.29 is 32.9 Å². The molecule has 1 N–H and O–H groups in total. The summed E-state index contributed by atoms with van der Waals surface area (Å²) in [6.07, 6.45) is 0. The highest BCUT2D eigenvalue weighted by Gasteiger charge is 2.38. The van der Waals surface area contributed by atoms with Crippen LogP contribution in [-0.4, -0.2) is 51.4 Å². The molecular weight excluding hydrogens is 419 g/mol. The van der Waals surface area contributed by atoms with Crippen LogP contribution in [0.5, 0.6) is 17.2 Å². The first-order chi connectivity index (χ1) is 15.4. The van der Waals surface area contributed by atoms with Crippen molar-refractivity contribution in [3.8, 4) is 17.2 Å². The van der Waals surface area contributed by atoms with Crippen molar-refractivity contribution in [2.24, 2.45) is 0 Å². The topological polar surface area (TPSA) is 86.3 Å². The molecule has 2 amide bonds. The Labute approximate surface area is 185 Å². The average Bonchev–Trinajstić information content (AvgIpc) is 2.80. The first kappa shape index (κ1) is 22.9. The first-order valence-electron chi connectivity index (χ1n) is 9.94. The van der Waals surface area contributed by atoms with E-state index >= 15 is 0 Å². The maximum Gasteiger partial charge on any atom is 0.338 e. The number of methoxy groups -OCH3 is 2. The lowest BCUT2D eigenvalue weighted by atomic mass is 9.93. The molecule has 1 atom stereocenters. The highest BCUT2D eigenvalue weighted by atomic mass is 19.1. The molecule has 0 aliphatic carbocycles. The number of hydrogen-bond acceptors (Lipinski definition) is 6. The van der Waals surface area contributed by atoms with Crippen LogP contribution in [0.15, 0.2) is 53.7 Å². The number of amides is 2. The van der Waals surface area contributed by atoms with Crippen LogP contribution in [0.4, 0.5) is 9.18 Å². The molecule has 0 aromatic heterocycles. The summed E-state index contributed by atoms with van der Waals surface area (Å²) < 4.78 is 35.0. The minimum Gasteiger partial charge on any atom is -0.497 e. The van der Waals surface area contributed by atoms with E-state index in [2.05, 4.69) is 5.32 Å². The molecule has 0 saturated carbocycles. The molecule has 1 heterocycles. The van der Waals surface area contributed by atoms with Gasteiger partial charge in [0.15, 0.2) is 0 Å². The maximum absolute atomic E-state index is 13.2. The third-order valence-electron chi connectivity index (χ3n) is 5.01. The van der Waals surface area contributed by atoms with Crippen LogP contribution in [0.1, 0.15) is 18.5 Å². The zero-order valence-corrected chi connectivity index (χ0v) is 18.3. The van der Waals surface area contributed by atoms with Crippen LogP contribution >= 0.6 is 0 Å². The van der Waals surface area contributed by atoms with E-state index in [1.807, 2.05) is 0 Å². The Balaban J connectivity index is 2.10. The highest BCUT2D eigenvalue weighted by molar-refractivity contribution is 5.95. The molecule has 32 heavy (non-hydrogen) atoms. The van der Waals surface area contributed by atoms with Gasteiger partial charge in [-0.2, -0.15) is 0 Å². The van der Waals surface area contributed by atoms with Gasteiger partial charge in [0.05, 0.1) is 38.1 Å². The van der Waals surface area contributed by atoms with Gasteiger partial charge in [-0.1, -0.05) is 0 Å². The summed E-state index contributed by atoms with van der Waals surface area (Å²) in [5.74, 6) is 0.370. The van der Waals surface area contributed by atoms with Gasteiger partial charge < -0.3 is 24.3 Å². The third-order valence-corrected chi connectivity index (χ3v) is 5.01. The van der Waals surface area contributed by atoms with Crippen LogP contribution in [-0.2, 0) is 9.53 Å². The van der Waals surface area contributed by atoms with E-state index in [0.717, 1.165) is 0 Å². The SMILES string of the molecule is CCOC(=O)C1=C(COc2ccc(F)cc2)N(C)C(=O)N[C@@H]1c1cc(OC)ccc1OC. The van der Waals surface area contributed by atoms with E-state index in [0.29, 0.717) is 28.5 Å². The summed E-state index contributed by atoms with van der Waals surface area (Å²) in [5, 5.41) is 2.82. The quantitative estimate of drug-likeness (QED) is 0.628. The molecule has 9 heteroatoms. The van der Waals surface area contributed by atoms with Crippen molar-refractivity contribution in [3.63, 3.8) is 0 Å². The Morgan fingerprint density at radius 2 is 1.78 bits per heavy atom. The molecule has 0 unspecified atom stereocenters. The van der Waals surface area contributed by atoms with Crippen LogP contribution in [0, 0.1) is 5.82 Å². The number of hydrogen-bond donors (Lipinski definition) is 1. The summed E-state index contributed by atoms with van der Waals surface area (Å²) in [6.45, 7) is 1.72. The van der Waals surface area contributed by atoms with E-state index < -0.39 is 23.9 Å². The molecule has 0 bridgehead atoms. The molecule has 2 aromatic rings. The molecule has 1 aliphatic heterocycles. The summed E-state index contributed by atoms with van der Waals surface area (Å²) in [7, 11) is 4.54. The Morgan fingerprint density at radius 1 is 1.09 bits per heavy atom. The predicted molar refractivity (Wildman–Crippen MR) is 114 cm³/mol. The van der Waals surface area contributed by atoms with Gasteiger partial charge in [0.25, 0.3) is 0 Å². The zero-order chi connectivity index (χ0) is 23.3. The number of benzene rings is 2. The lowest BCUT2D eigenvalue weighted by Gasteiger charge is -2.35. The van der Waals surface area contributed by atoms with Crippen LogP contribution in [0.3, 0.4) is 0 Å². The highest BCUT2D eigenvalue weighted by Crippen LogP contribution is 2.37. The minimum atomic E-state index is -0.866. The number of halogens is 1. The van der Waals surface area contributed by atoms with Crippen LogP contribution in [0.25, 0.3) is 0 Å². The molecule has 0 radical (unpaired) electrons. The van der Waals surface area contributed by atoms with Gasteiger partial charge in [-0.3, -0.25) is 4.90 Å². The molecule has 0 saturated heterocycles. The van der Waals surface area contributed by atoms with E-state index in [1.165, 1.54) is 50.4 Å². The fourth-order valence-corrected chi connectivity index (χ4v) is 3.36. The second kappa shape index (κ2) is 10.0. The van der Waals surface area contributed by atoms with Crippen molar-refractivity contribution in [2.75, 3.05) is 34.5 Å². The van der Waals surface area contributed by atoms with E-state index in [4.69, 9.17) is 18.9 Å². The second-order valence-corrected chi connectivity index (χ2v) is 6.87. The molecule has 1 aliphatic rings. The van der Waals surface area contributed by atoms with Crippen LogP contribution in [0.2, 0.25) is 0 Å². The lowest BCUT2D eigenvalue weighted by Crippen LogP contribution is -2.48. The van der Waals surface area contributed by atoms with Crippen molar-refractivity contribution in [1.82, 2.24) is 10.2 Å². The van der Waals surface area contributed by atoms with Gasteiger partial charge in [-0.25, -0.2) is 14.0 Å². The van der Waals surface area contributed by atoms with E-state index in [9.17, 15) is 14.0 Å². The lowest BCUT2D eigenvalue weighted by molar-refractivity contribution is -0.139. The van der Waals surface area contributed by atoms with Gasteiger partial charge in [0.1, 0.15) is 29.7 Å². The summed E-state index contributed by atoms with van der Waals surface area (Å²) in [6, 6.07) is 9.24. The third kappa shape index (κ3) is 4.77. The van der Waals surface area contributed by atoms with Crippen molar-refractivity contribution in [1.29, 1.82) is 0 Å². The Hall–Kier alpha value is -3.75. The maximum atomic E-state index is 13.2. The molecule has 2 aromatic carbocycles. The summed E-state index contributed by atoms with van der Waals surface area (Å²) in [4.78, 5) is 27.1. The van der Waals surface area contributed by atoms with Gasteiger partial charge in [0.2, 0.25) is 0 Å². The number of nitrogens with zero attached hydrogens (tertiary/aromatic N) is 1. The van der Waals surface area contributed by atoms with Gasteiger partial charge >= 0.3 is 12.0 Å². The van der Waals surface area contributed by atoms with E-state index in [-0.39, 0.29) is 18.8 Å². The smallest absolute Gasteiger partial charge is 0.338 e. The second-order valence-electron chi connectivity index (χ2n) is 6.87. The van der Waals surface area contributed by atoms with E-state index in [1.54, 1.807) is 25.1 Å². The number of carbonyl (C=O) groups excluding carboxylic acids is 2. The summed E-state index contributed by atoms with van der Waals surface area (Å²) >= 11 is 0. The Kier molecular flexibility index (Phi) is 7.19.